The smallest absolute Gasteiger partial charge is 0.179 e. The third-order valence-corrected chi connectivity index (χ3v) is 20.0. The van der Waals surface area contributed by atoms with E-state index in [1.807, 2.05) is 0 Å². The van der Waals surface area contributed by atoms with Crippen molar-refractivity contribution in [3.05, 3.63) is 254 Å². The van der Waals surface area contributed by atoms with Crippen LogP contribution in [0.4, 0.5) is 0 Å². The standard InChI is InChI=1S/C66H52N2Si/c1-6-21-47(22-7-1)50-27-18-33-56(43-50)69(54-29-12-4-13-30-54,55-31-14-5-15-32-55)57-34-19-28-53(46-57)67-61-36-17-16-35-58(61)66-64(67)37-20-38-65(66)68-62-41-39-51(48-23-8-2-9-24-48)44-59(62)60-45-52(40-42-63(60)68)49-25-10-3-11-26-49/h1-2,4-9,12-24,27-46,49H,3,10-11,25-26H2. The fourth-order valence-electron chi connectivity index (χ4n) is 12.1. The van der Waals surface area contributed by atoms with Crippen molar-refractivity contribution in [1.82, 2.24) is 9.13 Å². The SMILES string of the molecule is c1ccc(-c2cccc([Si](c3ccccc3)(c3ccccc3)c3cccc(-n4c5ccccc5c5c(-n6c7ccc(-c8ccccc8)cc7c7cc(C8CCCCC8)ccc76)cccc54)c3)c2)cc1. The molecular formula is C66H52N2Si. The second-order valence-electron chi connectivity index (χ2n) is 19.0. The highest BCUT2D eigenvalue weighted by molar-refractivity contribution is 7.20. The molecule has 12 aromatic rings. The predicted molar refractivity (Wildman–Crippen MR) is 295 cm³/mol. The van der Waals surface area contributed by atoms with Crippen LogP contribution in [0.25, 0.3) is 77.2 Å². The Morgan fingerprint density at radius 3 is 1.52 bits per heavy atom. The molecule has 1 saturated carbocycles. The molecule has 0 atom stereocenters. The van der Waals surface area contributed by atoms with Gasteiger partial charge in [0.1, 0.15) is 0 Å². The van der Waals surface area contributed by atoms with Gasteiger partial charge in [-0.25, -0.2) is 0 Å². The Labute approximate surface area is 405 Å². The lowest BCUT2D eigenvalue weighted by molar-refractivity contribution is 0.444. The van der Waals surface area contributed by atoms with Gasteiger partial charge in [0.05, 0.1) is 27.8 Å². The number of benzene rings is 10. The summed E-state index contributed by atoms with van der Waals surface area (Å²) in [4.78, 5) is 0. The van der Waals surface area contributed by atoms with Crippen molar-refractivity contribution < 1.29 is 0 Å². The van der Waals surface area contributed by atoms with E-state index in [4.69, 9.17) is 0 Å². The Morgan fingerprint density at radius 2 is 0.826 bits per heavy atom. The van der Waals surface area contributed by atoms with Gasteiger partial charge in [0.15, 0.2) is 8.07 Å². The molecule has 1 aliphatic rings. The van der Waals surface area contributed by atoms with Crippen molar-refractivity contribution in [3.8, 4) is 33.6 Å². The Balaban J connectivity index is 1.05. The highest BCUT2D eigenvalue weighted by atomic mass is 28.3. The van der Waals surface area contributed by atoms with Crippen molar-refractivity contribution in [2.24, 2.45) is 0 Å². The molecule has 0 aliphatic heterocycles. The number of hydrogen-bond acceptors (Lipinski definition) is 0. The molecule has 0 saturated heterocycles. The second kappa shape index (κ2) is 17.3. The summed E-state index contributed by atoms with van der Waals surface area (Å²) in [7, 11) is -2.92. The normalized spacial score (nSPS) is 13.4. The number of hydrogen-bond donors (Lipinski definition) is 0. The molecule has 10 aromatic carbocycles. The minimum Gasteiger partial charge on any atom is -0.309 e. The molecular weight excluding hydrogens is 849 g/mol. The Hall–Kier alpha value is -7.98. The van der Waals surface area contributed by atoms with Crippen molar-refractivity contribution in [2.45, 2.75) is 38.0 Å². The van der Waals surface area contributed by atoms with Crippen LogP contribution in [0.15, 0.2) is 249 Å². The van der Waals surface area contributed by atoms with Crippen LogP contribution in [-0.4, -0.2) is 17.2 Å². The van der Waals surface area contributed by atoms with Gasteiger partial charge in [-0.1, -0.05) is 213 Å². The summed E-state index contributed by atoms with van der Waals surface area (Å²) in [5.41, 5.74) is 13.7. The first kappa shape index (κ1) is 41.2. The molecule has 3 heteroatoms. The zero-order chi connectivity index (χ0) is 45.7. The van der Waals surface area contributed by atoms with E-state index in [-0.39, 0.29) is 0 Å². The van der Waals surface area contributed by atoms with Gasteiger partial charge in [-0.05, 0) is 122 Å². The van der Waals surface area contributed by atoms with E-state index in [0.29, 0.717) is 5.92 Å². The average molecular weight is 901 g/mol. The first-order valence-electron chi connectivity index (χ1n) is 24.8. The number of nitrogens with zero attached hydrogens (tertiary/aromatic N) is 2. The minimum absolute atomic E-state index is 0.620. The third kappa shape index (κ3) is 6.91. The van der Waals surface area contributed by atoms with E-state index in [1.165, 1.54) is 130 Å². The zero-order valence-electron chi connectivity index (χ0n) is 38.7. The third-order valence-electron chi connectivity index (χ3n) is 15.2. The van der Waals surface area contributed by atoms with Crippen LogP contribution in [-0.2, 0) is 0 Å². The highest BCUT2D eigenvalue weighted by Crippen LogP contribution is 2.43. The first-order chi connectivity index (χ1) is 34.2. The largest absolute Gasteiger partial charge is 0.309 e. The molecule has 1 aliphatic carbocycles. The van der Waals surface area contributed by atoms with Crippen molar-refractivity contribution in [1.29, 1.82) is 0 Å². The van der Waals surface area contributed by atoms with Crippen LogP contribution in [0.3, 0.4) is 0 Å². The number of rotatable bonds is 9. The average Bonchev–Trinajstić information content (AvgIpc) is 3.95. The molecule has 0 radical (unpaired) electrons. The summed E-state index contributed by atoms with van der Waals surface area (Å²) >= 11 is 0. The zero-order valence-corrected chi connectivity index (χ0v) is 39.7. The van der Waals surface area contributed by atoms with Gasteiger partial charge in [0.25, 0.3) is 0 Å². The number of aromatic nitrogens is 2. The number of fused-ring (bicyclic) bond motifs is 6. The van der Waals surface area contributed by atoms with Gasteiger partial charge in [-0.3, -0.25) is 0 Å². The van der Waals surface area contributed by atoms with E-state index >= 15 is 0 Å². The summed E-state index contributed by atoms with van der Waals surface area (Å²) < 4.78 is 5.08. The molecule has 0 N–H and O–H groups in total. The van der Waals surface area contributed by atoms with Crippen LogP contribution in [0.1, 0.15) is 43.6 Å². The highest BCUT2D eigenvalue weighted by Gasteiger charge is 2.42. The van der Waals surface area contributed by atoms with Crippen LogP contribution in [0.2, 0.25) is 0 Å². The molecule has 2 aromatic heterocycles. The van der Waals surface area contributed by atoms with Crippen LogP contribution in [0, 0.1) is 0 Å². The molecule has 0 spiro atoms. The fraction of sp³-hybridized carbons (Fsp3) is 0.0909. The van der Waals surface area contributed by atoms with Gasteiger partial charge < -0.3 is 9.13 Å². The van der Waals surface area contributed by atoms with Gasteiger partial charge in [-0.15, -0.1) is 0 Å². The molecule has 13 rings (SSSR count). The van der Waals surface area contributed by atoms with Gasteiger partial charge in [-0.2, -0.15) is 0 Å². The molecule has 2 heterocycles. The molecule has 0 amide bonds. The predicted octanol–water partition coefficient (Wildman–Crippen LogP) is 14.6. The van der Waals surface area contributed by atoms with E-state index in [2.05, 4.69) is 258 Å². The van der Waals surface area contributed by atoms with Crippen LogP contribution in [0.5, 0.6) is 0 Å². The van der Waals surface area contributed by atoms with Crippen molar-refractivity contribution >= 4 is 72.4 Å². The molecule has 0 bridgehead atoms. The second-order valence-corrected chi connectivity index (χ2v) is 22.9. The summed E-state index contributed by atoms with van der Waals surface area (Å²) in [6.45, 7) is 0. The van der Waals surface area contributed by atoms with Gasteiger partial charge in [0, 0.05) is 27.2 Å². The van der Waals surface area contributed by atoms with Crippen LogP contribution >= 0.6 is 0 Å². The molecule has 330 valence electrons. The van der Waals surface area contributed by atoms with Crippen LogP contribution < -0.4 is 20.7 Å². The Kier molecular flexibility index (Phi) is 10.3. The van der Waals surface area contributed by atoms with Gasteiger partial charge >= 0.3 is 0 Å². The molecule has 0 unspecified atom stereocenters. The van der Waals surface area contributed by atoms with E-state index in [1.54, 1.807) is 0 Å². The van der Waals surface area contributed by atoms with E-state index in [0.717, 1.165) is 5.69 Å². The topological polar surface area (TPSA) is 9.86 Å². The Bertz CT molecular complexity index is 3770. The van der Waals surface area contributed by atoms with Crippen molar-refractivity contribution in [2.75, 3.05) is 0 Å². The summed E-state index contributed by atoms with van der Waals surface area (Å²) in [5.74, 6) is 0.620. The van der Waals surface area contributed by atoms with E-state index in [9.17, 15) is 0 Å². The monoisotopic (exact) mass is 900 g/mol. The lowest BCUT2D eigenvalue weighted by atomic mass is 9.83. The fourth-order valence-corrected chi connectivity index (χ4v) is 16.9. The lowest BCUT2D eigenvalue weighted by Crippen LogP contribution is -2.74. The maximum Gasteiger partial charge on any atom is 0.179 e. The summed E-state index contributed by atoms with van der Waals surface area (Å²) in [6, 6.07) is 93.7. The maximum atomic E-state index is 2.56. The van der Waals surface area contributed by atoms with Crippen molar-refractivity contribution in [3.63, 3.8) is 0 Å². The number of para-hydroxylation sites is 1. The summed E-state index contributed by atoms with van der Waals surface area (Å²) in [5, 5.41) is 10.6. The quantitative estimate of drug-likeness (QED) is 0.101. The molecule has 1 fully saturated rings. The maximum absolute atomic E-state index is 2.92. The minimum atomic E-state index is -2.92. The van der Waals surface area contributed by atoms with Gasteiger partial charge in [0.2, 0.25) is 0 Å². The lowest BCUT2D eigenvalue weighted by Gasteiger charge is -2.35. The molecule has 69 heavy (non-hydrogen) atoms. The Morgan fingerprint density at radius 1 is 0.319 bits per heavy atom. The first-order valence-corrected chi connectivity index (χ1v) is 26.8. The summed E-state index contributed by atoms with van der Waals surface area (Å²) in [6.07, 6.45) is 6.55. The van der Waals surface area contributed by atoms with E-state index < -0.39 is 8.07 Å². The molecule has 2 nitrogen and oxygen atoms in total.